The summed E-state index contributed by atoms with van der Waals surface area (Å²) in [5.74, 6) is -5.12. The van der Waals surface area contributed by atoms with Gasteiger partial charge in [-0.25, -0.2) is 0 Å². The highest BCUT2D eigenvalue weighted by molar-refractivity contribution is 6.24. The van der Waals surface area contributed by atoms with E-state index in [1.165, 1.54) is 0 Å². The minimum absolute atomic E-state index is 0.0776. The van der Waals surface area contributed by atoms with E-state index in [0.29, 0.717) is 17.5 Å². The number of phenols is 1. The topological polar surface area (TPSA) is 132 Å². The van der Waals surface area contributed by atoms with E-state index in [9.17, 15) is 34.8 Å². The molecular weight excluding hydrogens is 556 g/mol. The summed E-state index contributed by atoms with van der Waals surface area (Å²) in [6, 6.07) is 13.7. The molecule has 0 bridgehead atoms. The zero-order valence-electron chi connectivity index (χ0n) is 25.7. The minimum Gasteiger partial charge on any atom is -0.508 e. The number of carbonyl (C=O) groups is 3. The van der Waals surface area contributed by atoms with Gasteiger partial charge in [-0.1, -0.05) is 87.9 Å². The van der Waals surface area contributed by atoms with Crippen molar-refractivity contribution in [1.82, 2.24) is 0 Å². The number of aliphatic hydroxyl groups is 3. The summed E-state index contributed by atoms with van der Waals surface area (Å²) in [7, 11) is 0. The Balaban J connectivity index is 1.45. The first kappa shape index (κ1) is 29.8. The van der Waals surface area contributed by atoms with Crippen molar-refractivity contribution >= 4 is 28.7 Å². The first-order valence-corrected chi connectivity index (χ1v) is 15.1. The number of allylic oxidation sites excluding steroid dienone is 5. The van der Waals surface area contributed by atoms with Crippen LogP contribution in [0.3, 0.4) is 0 Å². The van der Waals surface area contributed by atoms with E-state index in [4.69, 9.17) is 0 Å². The number of benzene rings is 2. The van der Waals surface area contributed by atoms with Gasteiger partial charge in [-0.3, -0.25) is 14.4 Å². The third-order valence-electron chi connectivity index (χ3n) is 10.4. The van der Waals surface area contributed by atoms with E-state index in [0.717, 1.165) is 30.1 Å². The Hall–Kier alpha value is -4.23. The number of carbonyl (C=O) groups excluding carboxylic acids is 3. The van der Waals surface area contributed by atoms with Crippen LogP contribution >= 0.6 is 0 Å². The lowest BCUT2D eigenvalue weighted by Gasteiger charge is -2.59. The van der Waals surface area contributed by atoms with Crippen LogP contribution in [0.25, 0.3) is 11.3 Å². The standard InChI is InChI=1S/C37H38O7/c1-19(2)28-31(40)26(20(3)38)33(42)37(44)34(43)29-32(41)27-25(17-35(29,4)18-36(28,37)5)14-13-24(30(27)39)16-21-11-12-23(15-21)22-9-7-6-8-10-22/h6-10,12-15,19,28,39,41-42,44H,11,16-18H2,1-5H3/t28?,35-,36-,37+/m1/s1. The molecule has 0 amide bonds. The van der Waals surface area contributed by atoms with Gasteiger partial charge >= 0.3 is 0 Å². The quantitative estimate of drug-likeness (QED) is 0.306. The maximum absolute atomic E-state index is 14.5. The van der Waals surface area contributed by atoms with Crippen molar-refractivity contribution in [3.05, 3.63) is 99.3 Å². The fraction of sp³-hybridized carbons (Fsp3) is 0.378. The molecule has 0 spiro atoms. The third kappa shape index (κ3) is 3.95. The van der Waals surface area contributed by atoms with E-state index in [1.54, 1.807) is 27.7 Å². The van der Waals surface area contributed by atoms with E-state index in [-0.39, 0.29) is 35.6 Å². The number of rotatable bonds is 5. The molecule has 0 heterocycles. The molecule has 4 aliphatic rings. The fourth-order valence-corrected chi connectivity index (χ4v) is 8.67. The molecule has 4 aliphatic carbocycles. The molecule has 7 nitrogen and oxygen atoms in total. The van der Waals surface area contributed by atoms with Gasteiger partial charge in [0.1, 0.15) is 22.8 Å². The summed E-state index contributed by atoms with van der Waals surface area (Å²) in [5, 5.41) is 46.8. The molecule has 6 rings (SSSR count). The van der Waals surface area contributed by atoms with Gasteiger partial charge in [0.05, 0.1) is 5.56 Å². The van der Waals surface area contributed by atoms with Crippen LogP contribution in [0.1, 0.15) is 69.7 Å². The van der Waals surface area contributed by atoms with Gasteiger partial charge in [0.2, 0.25) is 5.78 Å². The molecule has 2 aromatic carbocycles. The highest BCUT2D eigenvalue weighted by Crippen LogP contribution is 2.65. The van der Waals surface area contributed by atoms with Crippen LogP contribution in [-0.4, -0.2) is 43.4 Å². The van der Waals surface area contributed by atoms with Gasteiger partial charge in [-0.05, 0) is 60.8 Å². The number of Topliss-reactive ketones (excluding diaryl/α,β-unsaturated/α-hetero) is 3. The van der Waals surface area contributed by atoms with Gasteiger partial charge in [0.25, 0.3) is 0 Å². The highest BCUT2D eigenvalue weighted by atomic mass is 16.3. The van der Waals surface area contributed by atoms with E-state index < -0.39 is 56.8 Å². The second-order valence-corrected chi connectivity index (χ2v) is 13.8. The van der Waals surface area contributed by atoms with Gasteiger partial charge in [0.15, 0.2) is 17.2 Å². The van der Waals surface area contributed by atoms with Gasteiger partial charge < -0.3 is 20.4 Å². The number of ketones is 3. The largest absolute Gasteiger partial charge is 0.508 e. The van der Waals surface area contributed by atoms with Gasteiger partial charge in [-0.2, -0.15) is 0 Å². The lowest BCUT2D eigenvalue weighted by molar-refractivity contribution is -0.178. The van der Waals surface area contributed by atoms with E-state index in [1.807, 2.05) is 42.5 Å². The summed E-state index contributed by atoms with van der Waals surface area (Å²) in [5.41, 5.74) is -1.12. The van der Waals surface area contributed by atoms with Crippen molar-refractivity contribution in [3.8, 4) is 5.75 Å². The Morgan fingerprint density at radius 1 is 1.02 bits per heavy atom. The SMILES string of the molecule is CC(=O)C1=C(O)[C@]2(O)C(=O)C3=C(O)c4c(ccc(CC5=CC(c6ccccc6)=CC5)c4O)C[C@]3(C)C[C@]2(C)C(C(C)C)C1=O. The molecule has 1 fully saturated rings. The summed E-state index contributed by atoms with van der Waals surface area (Å²) < 4.78 is 0. The second kappa shape index (κ2) is 9.89. The molecule has 4 atom stereocenters. The number of hydrogen-bond acceptors (Lipinski definition) is 7. The molecule has 228 valence electrons. The maximum Gasteiger partial charge on any atom is 0.203 e. The van der Waals surface area contributed by atoms with Crippen LogP contribution in [0.15, 0.2) is 77.1 Å². The predicted molar refractivity (Wildman–Crippen MR) is 167 cm³/mol. The van der Waals surface area contributed by atoms with Crippen molar-refractivity contribution in [2.75, 3.05) is 0 Å². The number of aromatic hydroxyl groups is 1. The van der Waals surface area contributed by atoms with Crippen LogP contribution in [0, 0.1) is 22.7 Å². The second-order valence-electron chi connectivity index (χ2n) is 13.8. The molecular formula is C37H38O7. The smallest absolute Gasteiger partial charge is 0.203 e. The van der Waals surface area contributed by atoms with Crippen molar-refractivity contribution in [2.45, 2.75) is 65.9 Å². The van der Waals surface area contributed by atoms with Gasteiger partial charge in [0, 0.05) is 22.3 Å². The lowest BCUT2D eigenvalue weighted by Crippen LogP contribution is -2.69. The monoisotopic (exact) mass is 594 g/mol. The Bertz CT molecular complexity index is 1770. The minimum atomic E-state index is -2.61. The summed E-state index contributed by atoms with van der Waals surface area (Å²) in [4.78, 5) is 40.6. The highest BCUT2D eigenvalue weighted by Gasteiger charge is 2.72. The Labute approximate surface area is 256 Å². The maximum atomic E-state index is 14.5. The first-order chi connectivity index (χ1) is 20.7. The molecule has 0 aliphatic heterocycles. The molecule has 4 N–H and O–H groups in total. The van der Waals surface area contributed by atoms with Gasteiger partial charge in [-0.15, -0.1) is 0 Å². The summed E-state index contributed by atoms with van der Waals surface area (Å²) >= 11 is 0. The Kier molecular flexibility index (Phi) is 6.71. The fourth-order valence-electron chi connectivity index (χ4n) is 8.67. The first-order valence-electron chi connectivity index (χ1n) is 15.1. The predicted octanol–water partition coefficient (Wildman–Crippen LogP) is 6.15. The van der Waals surface area contributed by atoms with Crippen LogP contribution < -0.4 is 0 Å². The van der Waals surface area contributed by atoms with Crippen molar-refractivity contribution in [1.29, 1.82) is 0 Å². The Morgan fingerprint density at radius 3 is 2.34 bits per heavy atom. The van der Waals surface area contributed by atoms with Crippen LogP contribution in [0.4, 0.5) is 0 Å². The normalized spacial score (nSPS) is 29.8. The van der Waals surface area contributed by atoms with Crippen LogP contribution in [0.2, 0.25) is 0 Å². The van der Waals surface area contributed by atoms with Crippen molar-refractivity contribution < 1.29 is 34.8 Å². The number of aliphatic hydroxyl groups excluding tert-OH is 2. The summed E-state index contributed by atoms with van der Waals surface area (Å²) in [6.07, 6.45) is 5.73. The number of hydrogen-bond donors (Lipinski definition) is 4. The average Bonchev–Trinajstić information content (AvgIpc) is 3.41. The molecule has 1 unspecified atom stereocenters. The molecule has 0 radical (unpaired) electrons. The average molecular weight is 595 g/mol. The number of phenolic OH excluding ortho intramolecular Hbond substituents is 1. The summed E-state index contributed by atoms with van der Waals surface area (Å²) in [6.45, 7) is 8.12. The molecule has 0 aromatic heterocycles. The number of fused-ring (bicyclic) bond motifs is 3. The molecule has 7 heteroatoms. The van der Waals surface area contributed by atoms with Crippen LogP contribution in [-0.2, 0) is 27.2 Å². The molecule has 1 saturated carbocycles. The molecule has 0 saturated heterocycles. The molecule has 2 aromatic rings. The Morgan fingerprint density at radius 2 is 1.70 bits per heavy atom. The van der Waals surface area contributed by atoms with Crippen molar-refractivity contribution in [2.24, 2.45) is 22.7 Å². The lowest BCUT2D eigenvalue weighted by atomic mass is 9.43. The molecule has 44 heavy (non-hydrogen) atoms. The third-order valence-corrected chi connectivity index (χ3v) is 10.4. The van der Waals surface area contributed by atoms with Crippen LogP contribution in [0.5, 0.6) is 5.75 Å². The van der Waals surface area contributed by atoms with Crippen molar-refractivity contribution in [3.63, 3.8) is 0 Å². The zero-order chi connectivity index (χ0) is 31.9. The van der Waals surface area contributed by atoms with E-state index >= 15 is 0 Å². The zero-order valence-corrected chi connectivity index (χ0v) is 25.7. The van der Waals surface area contributed by atoms with E-state index in [2.05, 4.69) is 12.2 Å².